The van der Waals surface area contributed by atoms with Crippen LogP contribution < -0.4 is 15.4 Å². The largest absolute Gasteiger partial charge is 0.405 e. The maximum Gasteiger partial charge on any atom is 0.405 e. The van der Waals surface area contributed by atoms with Gasteiger partial charge in [-0.1, -0.05) is 30.3 Å². The van der Waals surface area contributed by atoms with Crippen molar-refractivity contribution in [2.45, 2.75) is 24.0 Å². The van der Waals surface area contributed by atoms with Gasteiger partial charge in [-0.3, -0.25) is 9.59 Å². The smallest absolute Gasteiger partial charge is 0.343 e. The second-order valence-corrected chi connectivity index (χ2v) is 7.70. The molecule has 11 heteroatoms. The van der Waals surface area contributed by atoms with E-state index in [1.165, 1.54) is 55.5 Å². The molecule has 1 atom stereocenters. The van der Waals surface area contributed by atoms with Crippen LogP contribution in [0.25, 0.3) is 0 Å². The average molecular weight is 429 g/mol. The Morgan fingerprint density at radius 2 is 1.59 bits per heavy atom. The molecule has 0 heterocycles. The van der Waals surface area contributed by atoms with Crippen molar-refractivity contribution in [3.05, 3.63) is 60.2 Å². The Labute approximate surface area is 165 Å². The predicted octanol–water partition coefficient (Wildman–Crippen LogP) is 2.28. The lowest BCUT2D eigenvalue weighted by Gasteiger charge is -2.16. The summed E-state index contributed by atoms with van der Waals surface area (Å²) in [6.07, 6.45) is -4.59. The van der Waals surface area contributed by atoms with Crippen LogP contribution in [0.5, 0.6) is 0 Å². The van der Waals surface area contributed by atoms with E-state index >= 15 is 0 Å². The van der Waals surface area contributed by atoms with Gasteiger partial charge in [0.15, 0.2) is 0 Å². The fourth-order valence-electron chi connectivity index (χ4n) is 2.26. The van der Waals surface area contributed by atoms with E-state index in [1.807, 2.05) is 0 Å². The third-order valence-electron chi connectivity index (χ3n) is 3.66. The number of hydrogen-bond acceptors (Lipinski definition) is 4. The van der Waals surface area contributed by atoms with E-state index in [0.717, 1.165) is 0 Å². The number of para-hydroxylation sites is 1. The molecule has 0 saturated heterocycles. The molecule has 0 saturated carbocycles. The summed E-state index contributed by atoms with van der Waals surface area (Å²) in [5.74, 6) is -1.82. The Bertz CT molecular complexity index is 979. The van der Waals surface area contributed by atoms with Gasteiger partial charge in [-0.2, -0.15) is 17.9 Å². The summed E-state index contributed by atoms with van der Waals surface area (Å²) in [5.41, 5.74) is -0.244. The minimum atomic E-state index is -4.59. The number of halogens is 3. The first-order chi connectivity index (χ1) is 13.5. The van der Waals surface area contributed by atoms with Gasteiger partial charge in [0, 0.05) is 0 Å². The van der Waals surface area contributed by atoms with Gasteiger partial charge in [0.05, 0.1) is 22.2 Å². The number of benzene rings is 2. The molecule has 2 rings (SSSR count). The van der Waals surface area contributed by atoms with E-state index in [0.29, 0.717) is 0 Å². The molecule has 0 spiro atoms. The fraction of sp³-hybridized carbons (Fsp3) is 0.222. The van der Waals surface area contributed by atoms with Gasteiger partial charge in [-0.15, -0.1) is 0 Å². The molecule has 0 unspecified atom stereocenters. The van der Waals surface area contributed by atoms with Crippen LogP contribution in [0.3, 0.4) is 0 Å². The van der Waals surface area contributed by atoms with Crippen LogP contribution in [0.4, 0.5) is 18.9 Å². The zero-order valence-electron chi connectivity index (χ0n) is 15.2. The lowest BCUT2D eigenvalue weighted by atomic mass is 10.1. The summed E-state index contributed by atoms with van der Waals surface area (Å²) in [7, 11) is -3.96. The van der Waals surface area contributed by atoms with E-state index in [2.05, 4.69) is 10.0 Å². The molecule has 0 aliphatic heterocycles. The molecule has 0 radical (unpaired) electrons. The van der Waals surface area contributed by atoms with E-state index in [-0.39, 0.29) is 16.1 Å². The summed E-state index contributed by atoms with van der Waals surface area (Å²) in [6.45, 7) is -0.233. The Morgan fingerprint density at radius 3 is 2.21 bits per heavy atom. The summed E-state index contributed by atoms with van der Waals surface area (Å²) in [6, 6.07) is 11.6. The molecule has 156 valence electrons. The first kappa shape index (κ1) is 22.4. The Hall–Kier alpha value is -2.92. The van der Waals surface area contributed by atoms with Crippen LogP contribution >= 0.6 is 0 Å². The zero-order valence-corrected chi connectivity index (χ0v) is 16.0. The molecular formula is C18H18F3N3O4S. The van der Waals surface area contributed by atoms with Gasteiger partial charge >= 0.3 is 6.18 Å². The number of hydrogen-bond donors (Lipinski definition) is 3. The van der Waals surface area contributed by atoms with Crippen molar-refractivity contribution < 1.29 is 31.2 Å². The molecular weight excluding hydrogens is 411 g/mol. The maximum atomic E-state index is 12.4. The van der Waals surface area contributed by atoms with E-state index < -0.39 is 40.6 Å². The summed E-state index contributed by atoms with van der Waals surface area (Å²) in [5, 5.41) is 4.07. The molecule has 0 bridgehead atoms. The van der Waals surface area contributed by atoms with Crippen LogP contribution in [-0.4, -0.2) is 39.0 Å². The van der Waals surface area contributed by atoms with Gasteiger partial charge in [0.1, 0.15) is 6.54 Å². The number of carbonyl (C=O) groups excluding carboxylic acids is 2. The van der Waals surface area contributed by atoms with Gasteiger partial charge in [-0.05, 0) is 31.2 Å². The minimum Gasteiger partial charge on any atom is -0.343 e. The monoisotopic (exact) mass is 429 g/mol. The molecule has 0 fully saturated rings. The third kappa shape index (κ3) is 6.57. The number of rotatable bonds is 7. The van der Waals surface area contributed by atoms with Crippen LogP contribution in [0.1, 0.15) is 17.3 Å². The second kappa shape index (κ2) is 9.05. The summed E-state index contributed by atoms with van der Waals surface area (Å²) < 4.78 is 63.7. The minimum absolute atomic E-state index is 0.0356. The number of anilines is 1. The number of amides is 2. The first-order valence-electron chi connectivity index (χ1n) is 8.32. The number of carbonyl (C=O) groups is 2. The molecule has 2 aromatic carbocycles. The van der Waals surface area contributed by atoms with Crippen molar-refractivity contribution in [2.75, 3.05) is 11.9 Å². The third-order valence-corrected chi connectivity index (χ3v) is 5.21. The molecule has 2 amide bonds. The quantitative estimate of drug-likeness (QED) is 0.628. The van der Waals surface area contributed by atoms with Crippen LogP contribution in [0.15, 0.2) is 59.5 Å². The van der Waals surface area contributed by atoms with Gasteiger partial charge in [0.2, 0.25) is 15.9 Å². The highest BCUT2D eigenvalue weighted by Gasteiger charge is 2.28. The van der Waals surface area contributed by atoms with Gasteiger partial charge in [0.25, 0.3) is 5.91 Å². The number of nitrogens with one attached hydrogen (secondary N) is 3. The standard InChI is InChI=1S/C18H18F3N3O4S/c1-12(24-29(27,28)13-7-3-2-4-8-13)16(25)23-15-10-6-5-9-14(15)17(26)22-11-18(19,20)21/h2-10,12,24H,11H2,1H3,(H,22,26)(H,23,25)/t12-/m0/s1. The fourth-order valence-corrected chi connectivity index (χ4v) is 3.48. The molecule has 0 aliphatic rings. The molecule has 0 aliphatic carbocycles. The molecule has 0 aromatic heterocycles. The highest BCUT2D eigenvalue weighted by atomic mass is 32.2. The normalized spacial score (nSPS) is 12.8. The Morgan fingerprint density at radius 1 is 1.00 bits per heavy atom. The number of alkyl halides is 3. The van der Waals surface area contributed by atoms with Crippen molar-refractivity contribution in [3.8, 4) is 0 Å². The van der Waals surface area contributed by atoms with E-state index in [4.69, 9.17) is 0 Å². The molecule has 7 nitrogen and oxygen atoms in total. The lowest BCUT2D eigenvalue weighted by Crippen LogP contribution is -2.42. The summed E-state index contributed by atoms with van der Waals surface area (Å²) in [4.78, 5) is 24.3. The lowest BCUT2D eigenvalue weighted by molar-refractivity contribution is -0.123. The average Bonchev–Trinajstić information content (AvgIpc) is 2.66. The van der Waals surface area contributed by atoms with Crippen molar-refractivity contribution in [2.24, 2.45) is 0 Å². The van der Waals surface area contributed by atoms with Crippen LogP contribution in [-0.2, 0) is 14.8 Å². The zero-order chi connectivity index (χ0) is 21.7. The maximum absolute atomic E-state index is 12.4. The first-order valence-corrected chi connectivity index (χ1v) is 9.80. The topological polar surface area (TPSA) is 104 Å². The molecule has 29 heavy (non-hydrogen) atoms. The molecule has 2 aromatic rings. The van der Waals surface area contributed by atoms with Crippen LogP contribution in [0.2, 0.25) is 0 Å². The van der Waals surface area contributed by atoms with Crippen molar-refractivity contribution in [3.63, 3.8) is 0 Å². The molecule has 3 N–H and O–H groups in total. The number of sulfonamides is 1. The predicted molar refractivity (Wildman–Crippen MR) is 99.7 cm³/mol. The highest BCUT2D eigenvalue weighted by Crippen LogP contribution is 2.17. The van der Waals surface area contributed by atoms with Crippen molar-refractivity contribution in [1.82, 2.24) is 10.0 Å². The van der Waals surface area contributed by atoms with Crippen molar-refractivity contribution in [1.29, 1.82) is 0 Å². The SMILES string of the molecule is C[C@H](NS(=O)(=O)c1ccccc1)C(=O)Nc1ccccc1C(=O)NCC(F)(F)F. The van der Waals surface area contributed by atoms with Crippen molar-refractivity contribution >= 4 is 27.5 Å². The van der Waals surface area contributed by atoms with Gasteiger partial charge < -0.3 is 10.6 Å². The van der Waals surface area contributed by atoms with E-state index in [9.17, 15) is 31.2 Å². The Kier molecular flexibility index (Phi) is 6.98. The Balaban J connectivity index is 2.10. The second-order valence-electron chi connectivity index (χ2n) is 5.99. The van der Waals surface area contributed by atoms with E-state index in [1.54, 1.807) is 11.4 Å². The van der Waals surface area contributed by atoms with Crippen LogP contribution in [0, 0.1) is 0 Å². The highest BCUT2D eigenvalue weighted by molar-refractivity contribution is 7.89. The summed E-state index contributed by atoms with van der Waals surface area (Å²) >= 11 is 0. The van der Waals surface area contributed by atoms with Gasteiger partial charge in [-0.25, -0.2) is 8.42 Å².